The van der Waals surface area contributed by atoms with Gasteiger partial charge in [0.2, 0.25) is 11.8 Å². The van der Waals surface area contributed by atoms with Crippen LogP contribution in [0.2, 0.25) is 0 Å². The first-order valence-electron chi connectivity index (χ1n) is 23.3. The molecule has 7 rings (SSSR count). The van der Waals surface area contributed by atoms with E-state index in [1.165, 1.54) is 11.1 Å². The third-order valence-corrected chi connectivity index (χ3v) is 13.0. The van der Waals surface area contributed by atoms with Gasteiger partial charge in [0.1, 0.15) is 18.4 Å². The number of ether oxygens (including phenoxy) is 2. The zero-order valence-electron chi connectivity index (χ0n) is 40.5. The van der Waals surface area contributed by atoms with Crippen molar-refractivity contribution in [1.29, 1.82) is 0 Å². The Hall–Kier alpha value is -5.97. The predicted molar refractivity (Wildman–Crippen MR) is 257 cm³/mol. The second-order valence-corrected chi connectivity index (χ2v) is 19.1. The van der Waals surface area contributed by atoms with E-state index in [-0.39, 0.29) is 48.3 Å². The average Bonchev–Trinajstić information content (AvgIpc) is 3.92. The smallest absolute Gasteiger partial charge is 0.324 e. The molecule has 3 aliphatic rings. The van der Waals surface area contributed by atoms with Crippen LogP contribution in [0.5, 0.6) is 0 Å². The van der Waals surface area contributed by atoms with Crippen LogP contribution in [0, 0.1) is 17.3 Å². The summed E-state index contributed by atoms with van der Waals surface area (Å²) < 4.78 is 15.7. The molecule has 16 nitrogen and oxygen atoms in total. The molecular weight excluding hydrogens is 853 g/mol. The molecule has 0 aliphatic carbocycles. The Morgan fingerprint density at radius 1 is 1.09 bits per heavy atom. The number of carbonyl (C=O) groups is 5. The van der Waals surface area contributed by atoms with Crippen LogP contribution >= 0.6 is 0 Å². The van der Waals surface area contributed by atoms with Crippen LogP contribution in [0.4, 0.5) is 0 Å². The number of hydrazine groups is 1. The van der Waals surface area contributed by atoms with Crippen molar-refractivity contribution in [3.63, 3.8) is 0 Å². The first kappa shape index (κ1) is 50.4. The fraction of sp³-hybridized carbons (Fsp3) is 0.510. The molecule has 16 heteroatoms. The number of esters is 1. The molecule has 1 aromatic carbocycles. The Labute approximate surface area is 393 Å². The number of hydrogen-bond donors (Lipinski definition) is 2. The van der Waals surface area contributed by atoms with E-state index in [9.17, 15) is 28.8 Å². The highest BCUT2D eigenvalue weighted by Crippen LogP contribution is 2.41. The summed E-state index contributed by atoms with van der Waals surface area (Å²) >= 11 is 0. The lowest BCUT2D eigenvalue weighted by Crippen LogP contribution is -2.62. The Kier molecular flexibility index (Phi) is 16.4. The van der Waals surface area contributed by atoms with Crippen LogP contribution in [0.3, 0.4) is 0 Å². The van der Waals surface area contributed by atoms with Gasteiger partial charge in [-0.25, -0.2) is 5.43 Å². The van der Waals surface area contributed by atoms with Crippen molar-refractivity contribution >= 4 is 40.9 Å². The lowest BCUT2D eigenvalue weighted by Gasteiger charge is -2.36. The molecule has 2 fully saturated rings. The van der Waals surface area contributed by atoms with Crippen molar-refractivity contribution in [3.05, 3.63) is 94.7 Å². The van der Waals surface area contributed by atoms with Gasteiger partial charge in [0.25, 0.3) is 11.5 Å². The minimum absolute atomic E-state index is 0.0406. The largest absolute Gasteiger partial charge is 0.464 e. The van der Waals surface area contributed by atoms with Gasteiger partial charge in [0.15, 0.2) is 0 Å². The zero-order valence-corrected chi connectivity index (χ0v) is 40.5. The molecule has 0 radical (unpaired) electrons. The van der Waals surface area contributed by atoms with Crippen LogP contribution in [-0.2, 0) is 52.8 Å². The standard InChI is InChI=1S/C43H57N7O6.C8H11NO2/c1-10-48-35-18-17-29-23-31(35)32(38(48)30-15-11-19-44-36(30)27(4)55-9)24-43(5,6)25-56-42(54)33-16-13-21-50(46-33)41(53)34(22-28-14-12-20-49(29)40(28)52)45-39(51)37(26(2)3)47(7)8;1-2-8(11)9-4-3-7(5-9)6-10/h11-12,14-15,17-20,23,26-27,33-34,37,46H,10,13,16,21-22,24-25H2,1-9H3,(H,45,51);2,6-7H,1,3-5H2/t27?,33-,34?,37?;/m0./s1. The number of fused-ring (bicyclic) bond motifs is 6. The molecule has 5 atom stereocenters. The summed E-state index contributed by atoms with van der Waals surface area (Å²) in [5.41, 5.74) is 8.12. The van der Waals surface area contributed by atoms with Gasteiger partial charge < -0.3 is 29.1 Å². The van der Waals surface area contributed by atoms with Crippen LogP contribution in [0.15, 0.2) is 72.3 Å². The van der Waals surface area contributed by atoms with E-state index in [0.717, 1.165) is 46.1 Å². The van der Waals surface area contributed by atoms with E-state index >= 15 is 0 Å². The number of carbonyl (C=O) groups excluding carboxylic acids is 5. The average molecular weight is 921 g/mol. The molecular formula is C51H68N8O8. The summed E-state index contributed by atoms with van der Waals surface area (Å²) in [6.07, 6.45) is 7.77. The highest BCUT2D eigenvalue weighted by atomic mass is 16.5. The number of likely N-dealkylation sites (N-methyl/N-ethyl adjacent to an activating group) is 1. The van der Waals surface area contributed by atoms with Crippen LogP contribution in [0.1, 0.15) is 83.7 Å². The maximum absolute atomic E-state index is 14.5. The van der Waals surface area contributed by atoms with E-state index in [1.807, 2.05) is 64.0 Å². The molecule has 2 saturated heterocycles. The summed E-state index contributed by atoms with van der Waals surface area (Å²) in [5, 5.41) is 5.36. The molecule has 6 bridgehead atoms. The normalized spacial score (nSPS) is 20.7. The van der Waals surface area contributed by atoms with E-state index in [4.69, 9.17) is 14.5 Å². The summed E-state index contributed by atoms with van der Waals surface area (Å²) in [6.45, 7) is 17.9. The van der Waals surface area contributed by atoms with Gasteiger partial charge in [-0.3, -0.25) is 43.4 Å². The number of nitrogens with zero attached hydrogens (tertiary/aromatic N) is 6. The van der Waals surface area contributed by atoms with Crippen molar-refractivity contribution in [1.82, 2.24) is 39.7 Å². The van der Waals surface area contributed by atoms with Crippen molar-refractivity contribution in [2.24, 2.45) is 17.3 Å². The number of likely N-dealkylation sites (tertiary alicyclic amines) is 1. The molecule has 2 N–H and O–H groups in total. The third kappa shape index (κ3) is 11.3. The van der Waals surface area contributed by atoms with Gasteiger partial charge in [-0.05, 0) is 108 Å². The molecule has 360 valence electrons. The lowest BCUT2D eigenvalue weighted by atomic mass is 9.84. The maximum Gasteiger partial charge on any atom is 0.324 e. The summed E-state index contributed by atoms with van der Waals surface area (Å²) in [7, 11) is 5.32. The Bertz CT molecular complexity index is 2520. The fourth-order valence-electron chi connectivity index (χ4n) is 9.57. The van der Waals surface area contributed by atoms with E-state index in [0.29, 0.717) is 56.7 Å². The van der Waals surface area contributed by atoms with E-state index in [1.54, 1.807) is 41.1 Å². The number of benzene rings is 1. The van der Waals surface area contributed by atoms with Crippen molar-refractivity contribution < 1.29 is 33.4 Å². The van der Waals surface area contributed by atoms with E-state index < -0.39 is 35.4 Å². The molecule has 6 heterocycles. The van der Waals surface area contributed by atoms with E-state index in [2.05, 4.69) is 48.7 Å². The topological polar surface area (TPSA) is 177 Å². The van der Waals surface area contributed by atoms with Crippen molar-refractivity contribution in [2.45, 2.75) is 104 Å². The Morgan fingerprint density at radius 3 is 2.51 bits per heavy atom. The van der Waals surface area contributed by atoms with Gasteiger partial charge in [-0.2, -0.15) is 0 Å². The summed E-state index contributed by atoms with van der Waals surface area (Å²) in [4.78, 5) is 85.8. The van der Waals surface area contributed by atoms with Gasteiger partial charge in [-0.1, -0.05) is 40.3 Å². The number of cyclic esters (lactones) is 1. The Balaban J connectivity index is 0.000000591. The molecule has 4 aromatic rings. The predicted octanol–water partition coefficient (Wildman–Crippen LogP) is 5.04. The van der Waals surface area contributed by atoms with Crippen molar-refractivity contribution in [2.75, 3.05) is 47.4 Å². The zero-order chi connectivity index (χ0) is 48.7. The number of methoxy groups -OCH3 is 1. The van der Waals surface area contributed by atoms with Gasteiger partial charge in [0.05, 0.1) is 30.1 Å². The first-order chi connectivity index (χ1) is 31.9. The lowest BCUT2D eigenvalue weighted by molar-refractivity contribution is -0.155. The number of aromatic nitrogens is 3. The molecule has 3 aromatic heterocycles. The minimum Gasteiger partial charge on any atom is -0.464 e. The molecule has 3 amide bonds. The number of nitrogens with one attached hydrogen (secondary N) is 2. The fourth-order valence-corrected chi connectivity index (χ4v) is 9.57. The number of hydrogen-bond acceptors (Lipinski definition) is 11. The number of aryl methyl sites for hydroxylation is 1. The number of amides is 3. The minimum atomic E-state index is -1.08. The second-order valence-electron chi connectivity index (χ2n) is 19.1. The Morgan fingerprint density at radius 2 is 1.85 bits per heavy atom. The molecule has 0 spiro atoms. The number of pyridine rings is 2. The molecule has 0 saturated carbocycles. The van der Waals surface area contributed by atoms with Gasteiger partial charge in [0, 0.05) is 91.2 Å². The van der Waals surface area contributed by atoms with Gasteiger partial charge >= 0.3 is 5.97 Å². The highest BCUT2D eigenvalue weighted by molar-refractivity contribution is 5.94. The van der Waals surface area contributed by atoms with Gasteiger partial charge in [-0.15, -0.1) is 0 Å². The van der Waals surface area contributed by atoms with Crippen molar-refractivity contribution in [3.8, 4) is 16.9 Å². The third-order valence-electron chi connectivity index (χ3n) is 13.0. The quantitative estimate of drug-likeness (QED) is 0.124. The van der Waals surface area contributed by atoms with Crippen LogP contribution in [-0.4, -0.2) is 124 Å². The van der Waals surface area contributed by atoms with Crippen LogP contribution in [0.25, 0.3) is 27.8 Å². The monoisotopic (exact) mass is 921 g/mol. The summed E-state index contributed by atoms with van der Waals surface area (Å²) in [5.74, 6) is -1.26. The molecule has 4 unspecified atom stereocenters. The van der Waals surface area contributed by atoms with Crippen LogP contribution < -0.4 is 16.3 Å². The molecule has 3 aliphatic heterocycles. The molecule has 67 heavy (non-hydrogen) atoms. The summed E-state index contributed by atoms with van der Waals surface area (Å²) in [6, 6.07) is 11.2. The second kappa shape index (κ2) is 21.8. The number of rotatable bonds is 10. The highest BCUT2D eigenvalue weighted by Gasteiger charge is 2.37. The maximum atomic E-state index is 14.5. The SMILES string of the molecule is C=CC(=O)N1CCC(C=O)C1.CCn1c(-c2cccnc2C(C)OC)c2c3cc(ccc31)-n1cccc(c1=O)CC(NC(=O)C(C(C)C)N(C)C)C(=O)N1CCC[C@H](N1)C(=O)OCC(C)(C)C2. The number of aldehydes is 1. The first-order valence-corrected chi connectivity index (χ1v) is 23.3.